The van der Waals surface area contributed by atoms with Crippen LogP contribution in [-0.2, 0) is 14.8 Å². The predicted molar refractivity (Wildman–Crippen MR) is 82.0 cm³/mol. The summed E-state index contributed by atoms with van der Waals surface area (Å²) in [6, 6.07) is 3.85. The maximum Gasteiger partial charge on any atom is 0.304 e. The van der Waals surface area contributed by atoms with Crippen molar-refractivity contribution in [3.8, 4) is 0 Å². The molecule has 0 aliphatic rings. The van der Waals surface area contributed by atoms with Crippen molar-refractivity contribution in [2.75, 3.05) is 0 Å². The lowest BCUT2D eigenvalue weighted by Gasteiger charge is -2.30. The Morgan fingerprint density at radius 1 is 1.38 bits per heavy atom. The average molecular weight is 334 g/mol. The molecule has 0 aliphatic heterocycles. The molecule has 5 nitrogen and oxygen atoms in total. The number of hydrogen-bond donors (Lipinski definition) is 2. The maximum atomic E-state index is 12.5. The molecule has 0 aliphatic carbocycles. The van der Waals surface area contributed by atoms with Gasteiger partial charge in [0.15, 0.2) is 0 Å². The first-order chi connectivity index (χ1) is 9.43. The lowest BCUT2D eigenvalue weighted by atomic mass is 9.85. The summed E-state index contributed by atoms with van der Waals surface area (Å²) in [6.07, 6.45) is -0.289. The summed E-state index contributed by atoms with van der Waals surface area (Å²) in [5.41, 5.74) is 0.0210. The number of aryl methyl sites for hydroxylation is 1. The van der Waals surface area contributed by atoms with Crippen molar-refractivity contribution in [1.82, 2.24) is 4.72 Å². The fraction of sp³-hybridized carbons (Fsp3) is 0.500. The number of carbonyl (C=O) groups is 1. The molecule has 0 fully saturated rings. The molecule has 1 atom stereocenters. The van der Waals surface area contributed by atoms with E-state index in [1.165, 1.54) is 6.07 Å². The van der Waals surface area contributed by atoms with Crippen LogP contribution in [0.1, 0.15) is 32.8 Å². The van der Waals surface area contributed by atoms with Crippen molar-refractivity contribution in [3.63, 3.8) is 0 Å². The van der Waals surface area contributed by atoms with Crippen LogP contribution in [0.3, 0.4) is 0 Å². The number of carboxylic acids is 1. The van der Waals surface area contributed by atoms with Crippen LogP contribution in [0.4, 0.5) is 0 Å². The van der Waals surface area contributed by atoms with Gasteiger partial charge in [0, 0.05) is 11.1 Å². The number of nitrogens with one attached hydrogen (secondary N) is 1. The average Bonchev–Trinajstić information content (AvgIpc) is 2.29. The Labute approximate surface area is 130 Å². The Balaban J connectivity index is 3.17. The van der Waals surface area contributed by atoms with Crippen LogP contribution in [0.15, 0.2) is 23.1 Å². The lowest BCUT2D eigenvalue weighted by molar-refractivity contribution is -0.138. The molecule has 0 saturated carbocycles. The molecule has 7 heteroatoms. The molecule has 0 heterocycles. The normalized spacial score (nSPS) is 14.0. The van der Waals surface area contributed by atoms with Gasteiger partial charge in [0.05, 0.1) is 11.3 Å². The fourth-order valence-corrected chi connectivity index (χ4v) is 3.76. The van der Waals surface area contributed by atoms with E-state index in [0.29, 0.717) is 10.6 Å². The summed E-state index contributed by atoms with van der Waals surface area (Å²) in [6.45, 7) is 7.02. The molecule has 21 heavy (non-hydrogen) atoms. The Bertz CT molecular complexity index is 635. The minimum Gasteiger partial charge on any atom is -0.481 e. The molecule has 2 N–H and O–H groups in total. The number of hydrogen-bond acceptors (Lipinski definition) is 3. The second-order valence-electron chi connectivity index (χ2n) is 6.05. The van der Waals surface area contributed by atoms with E-state index in [1.807, 2.05) is 0 Å². The van der Waals surface area contributed by atoms with Gasteiger partial charge in [-0.2, -0.15) is 0 Å². The van der Waals surface area contributed by atoms with E-state index in [1.54, 1.807) is 39.8 Å². The van der Waals surface area contributed by atoms with Gasteiger partial charge < -0.3 is 5.11 Å². The number of rotatable bonds is 5. The van der Waals surface area contributed by atoms with E-state index in [2.05, 4.69) is 4.72 Å². The van der Waals surface area contributed by atoms with Gasteiger partial charge in [-0.3, -0.25) is 4.79 Å². The van der Waals surface area contributed by atoms with Crippen molar-refractivity contribution in [1.29, 1.82) is 0 Å². The molecule has 1 unspecified atom stereocenters. The third kappa shape index (κ3) is 4.98. The molecule has 1 rings (SSSR count). The van der Waals surface area contributed by atoms with Crippen molar-refractivity contribution < 1.29 is 18.3 Å². The highest BCUT2D eigenvalue weighted by Crippen LogP contribution is 2.26. The van der Waals surface area contributed by atoms with Gasteiger partial charge in [-0.1, -0.05) is 38.4 Å². The highest BCUT2D eigenvalue weighted by Gasteiger charge is 2.32. The SMILES string of the molecule is Cc1ccc(Cl)cc1S(=O)(=O)NC(CC(=O)O)C(C)(C)C. The fourth-order valence-electron chi connectivity index (χ4n) is 1.81. The van der Waals surface area contributed by atoms with Crippen LogP contribution in [0, 0.1) is 12.3 Å². The van der Waals surface area contributed by atoms with E-state index in [0.717, 1.165) is 0 Å². The number of aliphatic carboxylic acids is 1. The van der Waals surface area contributed by atoms with Crippen molar-refractivity contribution >= 4 is 27.6 Å². The molecule has 0 aromatic heterocycles. The van der Waals surface area contributed by atoms with Gasteiger partial charge in [-0.15, -0.1) is 0 Å². The summed E-state index contributed by atoms with van der Waals surface area (Å²) in [7, 11) is -3.84. The highest BCUT2D eigenvalue weighted by molar-refractivity contribution is 7.89. The molecule has 0 saturated heterocycles. The van der Waals surface area contributed by atoms with Crippen LogP contribution in [0.5, 0.6) is 0 Å². The number of carboxylic acid groups (broad SMARTS) is 1. The summed E-state index contributed by atoms with van der Waals surface area (Å²) in [5, 5.41) is 9.27. The zero-order valence-corrected chi connectivity index (χ0v) is 14.0. The maximum absolute atomic E-state index is 12.5. The third-order valence-corrected chi connectivity index (χ3v) is 5.01. The number of halogens is 1. The monoisotopic (exact) mass is 333 g/mol. The summed E-state index contributed by atoms with van der Waals surface area (Å²) in [4.78, 5) is 11.0. The van der Waals surface area contributed by atoms with Crippen LogP contribution >= 0.6 is 11.6 Å². The lowest BCUT2D eigenvalue weighted by Crippen LogP contribution is -2.45. The van der Waals surface area contributed by atoms with Gasteiger partial charge >= 0.3 is 5.97 Å². The number of benzene rings is 1. The van der Waals surface area contributed by atoms with Crippen molar-refractivity contribution in [2.24, 2.45) is 5.41 Å². The molecule has 0 radical (unpaired) electrons. The van der Waals surface area contributed by atoms with E-state index in [-0.39, 0.29) is 11.3 Å². The minimum absolute atomic E-state index is 0.0645. The van der Waals surface area contributed by atoms with Gasteiger partial charge in [0.1, 0.15) is 0 Å². The second-order valence-corrected chi connectivity index (χ2v) is 8.17. The first-order valence-corrected chi connectivity index (χ1v) is 8.30. The number of sulfonamides is 1. The predicted octanol–water partition coefficient (Wildman–Crippen LogP) is 2.82. The molecule has 0 amide bonds. The summed E-state index contributed by atoms with van der Waals surface area (Å²) >= 11 is 5.85. The Morgan fingerprint density at radius 3 is 2.43 bits per heavy atom. The zero-order valence-electron chi connectivity index (χ0n) is 12.5. The van der Waals surface area contributed by atoms with Gasteiger partial charge in [0.25, 0.3) is 0 Å². The van der Waals surface area contributed by atoms with E-state index < -0.39 is 27.4 Å². The van der Waals surface area contributed by atoms with Gasteiger partial charge in [-0.25, -0.2) is 13.1 Å². The van der Waals surface area contributed by atoms with E-state index in [9.17, 15) is 13.2 Å². The first kappa shape index (κ1) is 17.9. The second kappa shape index (κ2) is 6.34. The molecule has 1 aromatic rings. The smallest absolute Gasteiger partial charge is 0.304 e. The van der Waals surface area contributed by atoms with Crippen molar-refractivity contribution in [2.45, 2.75) is 45.1 Å². The summed E-state index contributed by atoms with van der Waals surface area (Å²) in [5.74, 6) is -1.06. The molecular weight excluding hydrogens is 314 g/mol. The van der Waals surface area contributed by atoms with Crippen LogP contribution in [-0.4, -0.2) is 25.5 Å². The van der Waals surface area contributed by atoms with Crippen molar-refractivity contribution in [3.05, 3.63) is 28.8 Å². The Hall–Kier alpha value is -1.11. The standard InChI is InChI=1S/C14H20ClNO4S/c1-9-5-6-10(15)7-11(9)21(19,20)16-12(8-13(17)18)14(2,3)4/h5-7,12,16H,8H2,1-4H3,(H,17,18). The zero-order chi connectivity index (χ0) is 16.4. The topological polar surface area (TPSA) is 83.5 Å². The largest absolute Gasteiger partial charge is 0.481 e. The van der Waals surface area contributed by atoms with Gasteiger partial charge in [0.2, 0.25) is 10.0 Å². The molecule has 0 spiro atoms. The van der Waals surface area contributed by atoms with Crippen LogP contribution in [0.2, 0.25) is 5.02 Å². The van der Waals surface area contributed by atoms with Crippen LogP contribution in [0.25, 0.3) is 0 Å². The Kier molecular flexibility index (Phi) is 5.41. The first-order valence-electron chi connectivity index (χ1n) is 6.44. The molecule has 1 aromatic carbocycles. The van der Waals surface area contributed by atoms with E-state index in [4.69, 9.17) is 16.7 Å². The molecule has 0 bridgehead atoms. The Morgan fingerprint density at radius 2 is 1.95 bits per heavy atom. The van der Waals surface area contributed by atoms with Gasteiger partial charge in [-0.05, 0) is 30.0 Å². The minimum atomic E-state index is -3.84. The summed E-state index contributed by atoms with van der Waals surface area (Å²) < 4.78 is 27.4. The van der Waals surface area contributed by atoms with E-state index >= 15 is 0 Å². The third-order valence-electron chi connectivity index (χ3n) is 3.16. The highest BCUT2D eigenvalue weighted by atomic mass is 35.5. The molecular formula is C14H20ClNO4S. The molecule has 118 valence electrons. The quantitative estimate of drug-likeness (QED) is 0.867. The van der Waals surface area contributed by atoms with Crippen LogP contribution < -0.4 is 4.72 Å².